The molecule has 0 aliphatic rings. The standard InChI is InChI=1S/C15H27NO5.Na/c1-2-3-4-5-6-7-10-16(13-17,11-8-14(18)19)12-9-15(20)21;/h7,10,17H,2-6,8-9,11-13H2,1H3,(H-,18,19,20,21);/q;+1/b10-7+;. The minimum Gasteiger partial charge on any atom is -0.550 e. The zero-order chi connectivity index (χ0) is 16.1. The van der Waals surface area contributed by atoms with E-state index in [4.69, 9.17) is 5.11 Å². The van der Waals surface area contributed by atoms with Gasteiger partial charge in [0.2, 0.25) is 0 Å². The van der Waals surface area contributed by atoms with Gasteiger partial charge in [0, 0.05) is 12.4 Å². The number of hydrogen-bond donors (Lipinski definition) is 2. The Labute approximate surface area is 154 Å². The van der Waals surface area contributed by atoms with E-state index >= 15 is 0 Å². The maximum Gasteiger partial charge on any atom is 1.00 e. The Kier molecular flexibility index (Phi) is 15.4. The number of carbonyl (C=O) groups is 2. The van der Waals surface area contributed by atoms with Gasteiger partial charge in [-0.15, -0.1) is 0 Å². The third kappa shape index (κ3) is 12.2. The van der Waals surface area contributed by atoms with E-state index in [-0.39, 0.29) is 66.7 Å². The van der Waals surface area contributed by atoms with Gasteiger partial charge in [0.15, 0.2) is 6.73 Å². The summed E-state index contributed by atoms with van der Waals surface area (Å²) in [6.07, 6.45) is 8.67. The number of carboxylic acid groups (broad SMARTS) is 2. The second kappa shape index (κ2) is 14.2. The molecule has 0 heterocycles. The fourth-order valence-corrected chi connectivity index (χ4v) is 2.07. The number of hydrogen-bond acceptors (Lipinski definition) is 4. The molecule has 0 aliphatic carbocycles. The number of aliphatic carboxylic acids is 2. The summed E-state index contributed by atoms with van der Waals surface area (Å²) in [5.41, 5.74) is 0. The zero-order valence-electron chi connectivity index (χ0n) is 13.8. The molecule has 122 valence electrons. The molecule has 0 fully saturated rings. The van der Waals surface area contributed by atoms with E-state index in [0.717, 1.165) is 25.7 Å². The molecule has 6 nitrogen and oxygen atoms in total. The Morgan fingerprint density at radius 3 is 2.27 bits per heavy atom. The van der Waals surface area contributed by atoms with Gasteiger partial charge in [-0.25, -0.2) is 0 Å². The average Bonchev–Trinajstić information content (AvgIpc) is 2.45. The number of unbranched alkanes of at least 4 members (excludes halogenated alkanes) is 4. The van der Waals surface area contributed by atoms with Crippen molar-refractivity contribution in [2.45, 2.75) is 51.9 Å². The molecule has 0 spiro atoms. The van der Waals surface area contributed by atoms with Gasteiger partial charge in [0.1, 0.15) is 0 Å². The molecule has 1 unspecified atom stereocenters. The van der Waals surface area contributed by atoms with Crippen LogP contribution in [-0.2, 0) is 9.59 Å². The SMILES string of the molecule is CCCCCC/C=C/[N+](CO)(CCC(=O)[O-])CCC(=O)O.[Na+]. The predicted octanol–water partition coefficient (Wildman–Crippen LogP) is -2.14. The van der Waals surface area contributed by atoms with Crippen LogP contribution >= 0.6 is 0 Å². The van der Waals surface area contributed by atoms with Gasteiger partial charge in [-0.1, -0.05) is 26.2 Å². The number of carboxylic acids is 2. The number of rotatable bonds is 13. The van der Waals surface area contributed by atoms with Crippen LogP contribution < -0.4 is 34.7 Å². The molecule has 7 heteroatoms. The summed E-state index contributed by atoms with van der Waals surface area (Å²) < 4.78 is -0.0476. The van der Waals surface area contributed by atoms with Gasteiger partial charge >= 0.3 is 35.5 Å². The van der Waals surface area contributed by atoms with E-state index in [1.807, 2.05) is 6.08 Å². The molecular weight excluding hydrogens is 297 g/mol. The first kappa shape index (κ1) is 23.9. The van der Waals surface area contributed by atoms with Gasteiger partial charge in [-0.2, -0.15) is 0 Å². The monoisotopic (exact) mass is 324 g/mol. The second-order valence-corrected chi connectivity index (χ2v) is 5.31. The molecule has 0 rings (SSSR count). The summed E-state index contributed by atoms with van der Waals surface area (Å²) in [5, 5.41) is 28.9. The average molecular weight is 324 g/mol. The van der Waals surface area contributed by atoms with Crippen LogP contribution in [0.5, 0.6) is 0 Å². The smallest absolute Gasteiger partial charge is 0.550 e. The molecular formula is C15H27NNaO5+. The first-order valence-corrected chi connectivity index (χ1v) is 7.51. The molecule has 0 aromatic heterocycles. The van der Waals surface area contributed by atoms with E-state index in [1.165, 1.54) is 6.42 Å². The van der Waals surface area contributed by atoms with Crippen molar-refractivity contribution >= 4 is 11.9 Å². The Bertz CT molecular complexity index is 329. The molecule has 1 atom stereocenters. The summed E-state index contributed by atoms with van der Waals surface area (Å²) in [4.78, 5) is 21.3. The fraction of sp³-hybridized carbons (Fsp3) is 0.733. The summed E-state index contributed by atoms with van der Waals surface area (Å²) in [6.45, 7) is 2.13. The molecule has 2 N–H and O–H groups in total. The Morgan fingerprint density at radius 1 is 1.14 bits per heavy atom. The van der Waals surface area contributed by atoms with Gasteiger partial charge < -0.3 is 20.1 Å². The van der Waals surface area contributed by atoms with Crippen LogP contribution in [0.3, 0.4) is 0 Å². The van der Waals surface area contributed by atoms with Crippen molar-refractivity contribution in [1.82, 2.24) is 0 Å². The topological polar surface area (TPSA) is 97.7 Å². The van der Waals surface area contributed by atoms with Gasteiger partial charge in [-0.3, -0.25) is 9.28 Å². The van der Waals surface area contributed by atoms with Crippen LogP contribution in [-0.4, -0.2) is 46.5 Å². The summed E-state index contributed by atoms with van der Waals surface area (Å²) >= 11 is 0. The molecule has 0 amide bonds. The number of nitrogens with zero attached hydrogens (tertiary/aromatic N) is 1. The van der Waals surface area contributed by atoms with Crippen LogP contribution in [0.1, 0.15) is 51.9 Å². The predicted molar refractivity (Wildman–Crippen MR) is 76.9 cm³/mol. The maximum atomic E-state index is 10.7. The van der Waals surface area contributed by atoms with Crippen molar-refractivity contribution in [3.63, 3.8) is 0 Å². The van der Waals surface area contributed by atoms with Crippen LogP contribution in [0, 0.1) is 0 Å². The Morgan fingerprint density at radius 2 is 1.77 bits per heavy atom. The number of allylic oxidation sites excluding steroid dienone is 1. The second-order valence-electron chi connectivity index (χ2n) is 5.31. The van der Waals surface area contributed by atoms with Crippen molar-refractivity contribution in [2.24, 2.45) is 0 Å². The van der Waals surface area contributed by atoms with Gasteiger partial charge in [0.05, 0.1) is 25.7 Å². The number of carbonyl (C=O) groups excluding carboxylic acids is 1. The number of aliphatic hydroxyl groups excluding tert-OH is 1. The molecule has 22 heavy (non-hydrogen) atoms. The van der Waals surface area contributed by atoms with Crippen molar-refractivity contribution in [3.8, 4) is 0 Å². The molecule has 0 saturated carbocycles. The van der Waals surface area contributed by atoms with Gasteiger partial charge in [-0.05, 0) is 18.9 Å². The Hall–Kier alpha value is -0.400. The molecule has 0 bridgehead atoms. The third-order valence-electron chi connectivity index (χ3n) is 3.46. The molecule has 0 aromatic rings. The van der Waals surface area contributed by atoms with Crippen molar-refractivity contribution in [2.75, 3.05) is 19.8 Å². The fourth-order valence-electron chi connectivity index (χ4n) is 2.07. The van der Waals surface area contributed by atoms with Crippen LogP contribution in [0.4, 0.5) is 0 Å². The van der Waals surface area contributed by atoms with Crippen molar-refractivity contribution in [3.05, 3.63) is 12.3 Å². The first-order chi connectivity index (χ1) is 9.95. The summed E-state index contributed by atoms with van der Waals surface area (Å²) in [5.74, 6) is -2.16. The maximum absolute atomic E-state index is 10.7. The van der Waals surface area contributed by atoms with E-state index in [0.29, 0.717) is 0 Å². The Balaban J connectivity index is 0. The summed E-state index contributed by atoms with van der Waals surface area (Å²) in [6, 6.07) is 0. The normalized spacial score (nSPS) is 13.5. The molecule has 0 aromatic carbocycles. The summed E-state index contributed by atoms with van der Waals surface area (Å²) in [7, 11) is 0. The third-order valence-corrected chi connectivity index (χ3v) is 3.46. The molecule has 0 radical (unpaired) electrons. The van der Waals surface area contributed by atoms with E-state index in [9.17, 15) is 19.8 Å². The van der Waals surface area contributed by atoms with Gasteiger partial charge in [0.25, 0.3) is 0 Å². The molecule has 0 saturated heterocycles. The van der Waals surface area contributed by atoms with Crippen LogP contribution in [0.2, 0.25) is 0 Å². The first-order valence-electron chi connectivity index (χ1n) is 7.51. The quantitative estimate of drug-likeness (QED) is 0.174. The minimum absolute atomic E-state index is 0. The van der Waals surface area contributed by atoms with E-state index in [1.54, 1.807) is 6.20 Å². The van der Waals surface area contributed by atoms with Crippen LogP contribution in [0.25, 0.3) is 0 Å². The largest absolute Gasteiger partial charge is 1.00 e. The number of aliphatic hydroxyl groups is 1. The minimum atomic E-state index is -1.20. The number of quaternary nitrogens is 1. The van der Waals surface area contributed by atoms with Crippen LogP contribution in [0.15, 0.2) is 12.3 Å². The van der Waals surface area contributed by atoms with Crippen molar-refractivity contribution in [1.29, 1.82) is 0 Å². The van der Waals surface area contributed by atoms with Crippen molar-refractivity contribution < 1.29 is 58.9 Å². The molecule has 0 aliphatic heterocycles. The van der Waals surface area contributed by atoms with E-state index < -0.39 is 11.9 Å². The van der Waals surface area contributed by atoms with E-state index in [2.05, 4.69) is 6.92 Å². The zero-order valence-corrected chi connectivity index (χ0v) is 15.8.